The molecule has 1 aromatic heterocycles. The Kier molecular flexibility index (Phi) is 16.1. The number of nitrogens with zero attached hydrogens (tertiary/aromatic N) is 1. The minimum absolute atomic E-state index is 0.113. The van der Waals surface area contributed by atoms with E-state index in [4.69, 9.17) is 23.3 Å². The highest BCUT2D eigenvalue weighted by atomic mass is 32.1. The molecule has 0 aliphatic rings. The summed E-state index contributed by atoms with van der Waals surface area (Å²) in [6.45, 7) is 5.49. The molecule has 0 aliphatic carbocycles. The van der Waals surface area contributed by atoms with Crippen molar-refractivity contribution in [3.8, 4) is 17.2 Å². The number of methoxy groups -OCH3 is 1. The molecule has 3 aromatic rings. The molecule has 0 saturated carbocycles. The molecule has 1 N–H and O–H groups in total. The van der Waals surface area contributed by atoms with Crippen LogP contribution in [-0.2, 0) is 20.4 Å². The van der Waals surface area contributed by atoms with Gasteiger partial charge in [-0.15, -0.1) is 0 Å². The second-order valence-corrected chi connectivity index (χ2v) is 13.3. The molecule has 0 amide bonds. The lowest BCUT2D eigenvalue weighted by Crippen LogP contribution is -2.30. The number of hydrogen-bond donors (Lipinski definition) is 1. The normalized spacial score (nSPS) is 13.4. The highest BCUT2D eigenvalue weighted by Crippen LogP contribution is 2.44. The molecule has 43 heavy (non-hydrogen) atoms. The maximum absolute atomic E-state index is 12.7. The maximum Gasteiger partial charge on any atom is 0.527 e. The fraction of sp³-hybridized carbons (Fsp3) is 0.545. The zero-order valence-electron chi connectivity index (χ0n) is 25.9. The van der Waals surface area contributed by atoms with Crippen molar-refractivity contribution < 1.29 is 37.3 Å². The number of hydrogen-bond acceptors (Lipinski definition) is 7. The Hall–Kier alpha value is -2.42. The first-order valence-electron chi connectivity index (χ1n) is 15.5. The average Bonchev–Trinajstić information content (AvgIpc) is 3.40. The molecule has 2 unspecified atom stereocenters. The van der Waals surface area contributed by atoms with Crippen molar-refractivity contribution in [3.05, 3.63) is 70.7 Å². The van der Waals surface area contributed by atoms with Gasteiger partial charge in [0.2, 0.25) is 5.51 Å². The van der Waals surface area contributed by atoms with Crippen LogP contribution >= 0.6 is 19.2 Å². The molecule has 0 bridgehead atoms. The van der Waals surface area contributed by atoms with Crippen LogP contribution in [0.1, 0.15) is 81.6 Å². The van der Waals surface area contributed by atoms with Crippen LogP contribution < -0.4 is 18.6 Å². The second kappa shape index (κ2) is 19.8. The van der Waals surface area contributed by atoms with Gasteiger partial charge in [-0.1, -0.05) is 100 Å². The molecule has 3 rings (SSSR count). The first-order valence-corrected chi connectivity index (χ1v) is 17.8. The Morgan fingerprint density at radius 3 is 2.21 bits per heavy atom. The smallest absolute Gasteiger partial charge is 0.490 e. The Morgan fingerprint density at radius 2 is 1.56 bits per heavy atom. The van der Waals surface area contributed by atoms with Gasteiger partial charge in [0, 0.05) is 12.7 Å². The molecular weight excluding hydrogens is 585 g/mol. The Bertz CT molecular complexity index is 1240. The van der Waals surface area contributed by atoms with Crippen LogP contribution in [0.25, 0.3) is 0 Å². The highest BCUT2D eigenvalue weighted by Gasteiger charge is 2.26. The van der Waals surface area contributed by atoms with E-state index in [2.05, 4.69) is 17.7 Å². The Morgan fingerprint density at radius 1 is 0.884 bits per heavy atom. The quantitative estimate of drug-likeness (QED) is 0.0638. The molecule has 8 nitrogen and oxygen atoms in total. The van der Waals surface area contributed by atoms with E-state index in [1.165, 1.54) is 63.4 Å². The van der Waals surface area contributed by atoms with E-state index < -0.39 is 13.9 Å². The highest BCUT2D eigenvalue weighted by molar-refractivity contribution is 7.47. The molecule has 0 radical (unpaired) electrons. The number of para-hydroxylation sites is 2. The molecule has 10 heteroatoms. The van der Waals surface area contributed by atoms with Crippen LogP contribution in [0.2, 0.25) is 0 Å². The number of aromatic nitrogens is 1. The van der Waals surface area contributed by atoms with Gasteiger partial charge < -0.3 is 18.7 Å². The van der Waals surface area contributed by atoms with Gasteiger partial charge in [-0.05, 0) is 37.6 Å². The number of aryl methyl sites for hydroxylation is 1. The minimum atomic E-state index is -4.39. The van der Waals surface area contributed by atoms with Crippen LogP contribution in [-0.4, -0.2) is 37.9 Å². The molecule has 0 fully saturated rings. The number of unbranched alkanes of at least 4 members (excludes halogenated alkanes) is 9. The molecule has 0 aliphatic heterocycles. The summed E-state index contributed by atoms with van der Waals surface area (Å²) in [4.78, 5) is 11.6. The summed E-state index contributed by atoms with van der Waals surface area (Å²) in [6.07, 6.45) is 14.2. The molecule has 0 saturated heterocycles. The van der Waals surface area contributed by atoms with Crippen molar-refractivity contribution in [2.45, 2.75) is 90.7 Å². The van der Waals surface area contributed by atoms with E-state index in [1.54, 1.807) is 29.5 Å². The van der Waals surface area contributed by atoms with Gasteiger partial charge in [-0.3, -0.25) is 9.42 Å². The lowest BCUT2D eigenvalue weighted by atomic mass is 10.1. The largest absolute Gasteiger partial charge is 0.527 e. The van der Waals surface area contributed by atoms with E-state index in [0.717, 1.165) is 18.4 Å². The minimum Gasteiger partial charge on any atom is -0.490 e. The van der Waals surface area contributed by atoms with Gasteiger partial charge in [0.25, 0.3) is 0 Å². The Labute approximate surface area is 261 Å². The topological polar surface area (TPSA) is 87.3 Å². The van der Waals surface area contributed by atoms with Crippen LogP contribution in [0.3, 0.4) is 0 Å². The summed E-state index contributed by atoms with van der Waals surface area (Å²) >= 11 is 1.66. The zero-order chi connectivity index (χ0) is 30.8. The van der Waals surface area contributed by atoms with Crippen molar-refractivity contribution in [2.75, 3.05) is 26.9 Å². The monoisotopic (exact) mass is 634 g/mol. The predicted octanol–water partition coefficient (Wildman–Crippen LogP) is 8.28. The fourth-order valence-electron chi connectivity index (χ4n) is 4.60. The predicted molar refractivity (Wildman–Crippen MR) is 171 cm³/mol. The Balaban J connectivity index is 1.37. The van der Waals surface area contributed by atoms with Crippen molar-refractivity contribution in [1.82, 2.24) is 0 Å². The third kappa shape index (κ3) is 14.3. The first kappa shape index (κ1) is 35.1. The standard InChI is InChI=1S/C33H48NO7PS/c1-4-5-6-7-8-9-10-11-12-15-21-38-32-19-13-14-20-33(32)39-25-31(37-3)26-40-42(35,36)41-30-18-16-17-29(22-30)24-34-23-28(2)43-27-34/h13-14,16-20,22-23,27,31H,4-12,15,21,24-26H2,1-3H3/p+1. The molecule has 2 aromatic carbocycles. The van der Waals surface area contributed by atoms with Crippen molar-refractivity contribution in [3.63, 3.8) is 0 Å². The van der Waals surface area contributed by atoms with Crippen LogP contribution in [0.4, 0.5) is 0 Å². The van der Waals surface area contributed by atoms with Crippen molar-refractivity contribution in [2.24, 2.45) is 0 Å². The van der Waals surface area contributed by atoms with E-state index in [-0.39, 0.29) is 19.0 Å². The van der Waals surface area contributed by atoms with Crippen molar-refractivity contribution >= 4 is 19.2 Å². The number of thiazole rings is 1. The number of ether oxygens (including phenoxy) is 3. The molecule has 238 valence electrons. The van der Waals surface area contributed by atoms with Crippen LogP contribution in [0.15, 0.2) is 60.2 Å². The SMILES string of the molecule is CCCCCCCCCCCCOc1ccccc1OCC(COP(=O)(O)Oc1cccc(C[n+]2csc(C)c2)c1)OC. The van der Waals surface area contributed by atoms with Gasteiger partial charge in [0.05, 0.1) is 18.1 Å². The average molecular weight is 635 g/mol. The number of phosphoric ester groups is 1. The van der Waals surface area contributed by atoms with Gasteiger partial charge in [0.1, 0.15) is 18.5 Å². The van der Waals surface area contributed by atoms with E-state index in [1.807, 2.05) is 42.8 Å². The van der Waals surface area contributed by atoms with Gasteiger partial charge in [-0.2, -0.15) is 4.57 Å². The first-order chi connectivity index (χ1) is 20.9. The van der Waals surface area contributed by atoms with Crippen LogP contribution in [0.5, 0.6) is 17.2 Å². The van der Waals surface area contributed by atoms with Crippen LogP contribution in [0, 0.1) is 6.92 Å². The molecule has 1 heterocycles. The van der Waals surface area contributed by atoms with Gasteiger partial charge in [0.15, 0.2) is 24.2 Å². The number of phosphoric acid groups is 1. The van der Waals surface area contributed by atoms with E-state index >= 15 is 0 Å². The number of benzene rings is 2. The fourth-order valence-corrected chi connectivity index (χ4v) is 6.02. The van der Waals surface area contributed by atoms with E-state index in [9.17, 15) is 9.46 Å². The van der Waals surface area contributed by atoms with E-state index in [0.29, 0.717) is 24.7 Å². The summed E-state index contributed by atoms with van der Waals surface area (Å²) < 4.78 is 42.7. The van der Waals surface area contributed by atoms with Gasteiger partial charge in [-0.25, -0.2) is 4.57 Å². The third-order valence-electron chi connectivity index (χ3n) is 6.99. The summed E-state index contributed by atoms with van der Waals surface area (Å²) in [5.41, 5.74) is 2.97. The summed E-state index contributed by atoms with van der Waals surface area (Å²) in [7, 11) is -2.88. The molecular formula is C33H49NO7PS+. The third-order valence-corrected chi connectivity index (χ3v) is 8.76. The summed E-state index contributed by atoms with van der Waals surface area (Å²) in [5.74, 6) is 1.52. The summed E-state index contributed by atoms with van der Waals surface area (Å²) in [5, 5.41) is 0. The second-order valence-electron chi connectivity index (χ2n) is 10.8. The zero-order valence-corrected chi connectivity index (χ0v) is 27.7. The summed E-state index contributed by atoms with van der Waals surface area (Å²) in [6, 6.07) is 14.6. The molecule has 2 atom stereocenters. The van der Waals surface area contributed by atoms with Gasteiger partial charge >= 0.3 is 7.82 Å². The number of rotatable bonds is 23. The lowest BCUT2D eigenvalue weighted by molar-refractivity contribution is -0.683. The maximum atomic E-state index is 12.7. The lowest BCUT2D eigenvalue weighted by Gasteiger charge is -2.20. The molecule has 0 spiro atoms. The van der Waals surface area contributed by atoms with Crippen molar-refractivity contribution in [1.29, 1.82) is 0 Å².